The largest absolute Gasteiger partial charge is 0.508 e. The summed E-state index contributed by atoms with van der Waals surface area (Å²) < 4.78 is 0. The molecule has 4 nitrogen and oxygen atoms in total. The SMILES string of the molecule is O=C1Nc2ccc(O)cc2C1=CC1c2ccccc2CCC1O. The molecule has 0 bridgehead atoms. The van der Waals surface area contributed by atoms with Crippen molar-refractivity contribution in [2.75, 3.05) is 5.32 Å². The summed E-state index contributed by atoms with van der Waals surface area (Å²) in [5.74, 6) is -0.286. The van der Waals surface area contributed by atoms with Gasteiger partial charge in [-0.25, -0.2) is 0 Å². The maximum absolute atomic E-state index is 12.3. The number of aromatic hydroxyl groups is 1. The van der Waals surface area contributed by atoms with Gasteiger partial charge in [0.1, 0.15) is 5.75 Å². The van der Waals surface area contributed by atoms with Crippen LogP contribution in [0, 0.1) is 0 Å². The highest BCUT2D eigenvalue weighted by Crippen LogP contribution is 2.39. The average molecular weight is 307 g/mol. The number of carbonyl (C=O) groups is 1. The van der Waals surface area contributed by atoms with Crippen LogP contribution in [0.4, 0.5) is 5.69 Å². The maximum atomic E-state index is 12.3. The molecule has 2 aromatic carbocycles. The Bertz CT molecular complexity index is 825. The summed E-state index contributed by atoms with van der Waals surface area (Å²) in [6.45, 7) is 0. The number of phenols is 1. The van der Waals surface area contributed by atoms with Crippen molar-refractivity contribution in [1.29, 1.82) is 0 Å². The highest BCUT2D eigenvalue weighted by Gasteiger charge is 2.30. The third-order valence-corrected chi connectivity index (χ3v) is 4.67. The van der Waals surface area contributed by atoms with Crippen LogP contribution in [0.25, 0.3) is 5.57 Å². The molecule has 1 aliphatic carbocycles. The van der Waals surface area contributed by atoms with Crippen LogP contribution in [0.2, 0.25) is 0 Å². The van der Waals surface area contributed by atoms with E-state index in [2.05, 4.69) is 11.4 Å². The van der Waals surface area contributed by atoms with Crippen molar-refractivity contribution in [2.24, 2.45) is 0 Å². The highest BCUT2D eigenvalue weighted by atomic mass is 16.3. The van der Waals surface area contributed by atoms with Gasteiger partial charge in [-0.05, 0) is 42.2 Å². The van der Waals surface area contributed by atoms with Crippen LogP contribution in [0.3, 0.4) is 0 Å². The van der Waals surface area contributed by atoms with Crippen LogP contribution >= 0.6 is 0 Å². The number of amides is 1. The van der Waals surface area contributed by atoms with E-state index in [0.29, 0.717) is 23.2 Å². The molecule has 4 heteroatoms. The normalized spacial score (nSPS) is 24.2. The summed E-state index contributed by atoms with van der Waals surface area (Å²) in [5.41, 5.74) is 4.17. The predicted octanol–water partition coefficient (Wildman–Crippen LogP) is 2.82. The monoisotopic (exact) mass is 307 g/mol. The Labute approximate surface area is 134 Å². The third-order valence-electron chi connectivity index (χ3n) is 4.67. The minimum Gasteiger partial charge on any atom is -0.508 e. The zero-order chi connectivity index (χ0) is 16.0. The maximum Gasteiger partial charge on any atom is 0.256 e. The number of aliphatic hydroxyl groups excluding tert-OH is 1. The van der Waals surface area contributed by atoms with E-state index < -0.39 is 6.10 Å². The van der Waals surface area contributed by atoms with Crippen LogP contribution < -0.4 is 5.32 Å². The van der Waals surface area contributed by atoms with Gasteiger partial charge in [0, 0.05) is 22.7 Å². The standard InChI is InChI=1S/C19H17NO3/c21-12-6-7-17-14(9-12)16(19(23)20-17)10-15-13-4-2-1-3-11(13)5-8-18(15)22/h1-4,6-7,9-10,15,18,21-22H,5,8H2,(H,20,23). The van der Waals surface area contributed by atoms with Gasteiger partial charge in [-0.2, -0.15) is 0 Å². The van der Waals surface area contributed by atoms with Gasteiger partial charge in [-0.3, -0.25) is 4.79 Å². The molecule has 0 radical (unpaired) electrons. The van der Waals surface area contributed by atoms with Crippen molar-refractivity contribution in [2.45, 2.75) is 24.9 Å². The molecule has 4 rings (SSSR count). The Kier molecular flexibility index (Phi) is 3.20. The van der Waals surface area contributed by atoms with E-state index >= 15 is 0 Å². The number of rotatable bonds is 1. The van der Waals surface area contributed by atoms with Gasteiger partial charge >= 0.3 is 0 Å². The fourth-order valence-electron chi connectivity index (χ4n) is 3.50. The summed E-state index contributed by atoms with van der Waals surface area (Å²) in [4.78, 5) is 12.3. The average Bonchev–Trinajstić information content (AvgIpc) is 2.85. The van der Waals surface area contributed by atoms with E-state index in [1.165, 1.54) is 5.56 Å². The quantitative estimate of drug-likeness (QED) is 0.560. The van der Waals surface area contributed by atoms with Crippen molar-refractivity contribution in [3.8, 4) is 5.75 Å². The van der Waals surface area contributed by atoms with Crippen LogP contribution in [0.15, 0.2) is 48.5 Å². The first-order valence-electron chi connectivity index (χ1n) is 7.76. The van der Waals surface area contributed by atoms with Gasteiger partial charge in [0.2, 0.25) is 0 Å². The molecule has 1 aliphatic heterocycles. The van der Waals surface area contributed by atoms with Crippen LogP contribution in [-0.4, -0.2) is 22.2 Å². The molecule has 116 valence electrons. The lowest BCUT2D eigenvalue weighted by atomic mass is 9.79. The zero-order valence-electron chi connectivity index (χ0n) is 12.5. The number of benzene rings is 2. The summed E-state index contributed by atoms with van der Waals surface area (Å²) >= 11 is 0. The number of hydrogen-bond acceptors (Lipinski definition) is 3. The second kappa shape index (κ2) is 5.25. The molecule has 0 aromatic heterocycles. The Morgan fingerprint density at radius 1 is 1.17 bits per heavy atom. The second-order valence-electron chi connectivity index (χ2n) is 6.09. The van der Waals surface area contributed by atoms with Gasteiger partial charge in [0.25, 0.3) is 5.91 Å². The second-order valence-corrected chi connectivity index (χ2v) is 6.09. The Morgan fingerprint density at radius 3 is 2.87 bits per heavy atom. The number of hydrogen-bond donors (Lipinski definition) is 3. The molecule has 2 aromatic rings. The molecule has 0 spiro atoms. The Balaban J connectivity index is 1.82. The van der Waals surface area contributed by atoms with E-state index in [1.54, 1.807) is 18.2 Å². The van der Waals surface area contributed by atoms with Gasteiger partial charge in [-0.15, -0.1) is 0 Å². The molecule has 2 atom stereocenters. The minimum atomic E-state index is -0.508. The zero-order valence-corrected chi connectivity index (χ0v) is 12.5. The van der Waals surface area contributed by atoms with E-state index in [0.717, 1.165) is 12.0 Å². The summed E-state index contributed by atoms with van der Waals surface area (Å²) in [7, 11) is 0. The van der Waals surface area contributed by atoms with E-state index in [9.17, 15) is 15.0 Å². The molecule has 0 saturated carbocycles. The van der Waals surface area contributed by atoms with Crippen LogP contribution in [0.1, 0.15) is 29.0 Å². The number of carbonyl (C=O) groups excluding carboxylic acids is 1. The van der Waals surface area contributed by atoms with Crippen molar-refractivity contribution in [3.05, 3.63) is 65.2 Å². The fourth-order valence-corrected chi connectivity index (χ4v) is 3.50. The minimum absolute atomic E-state index is 0.121. The van der Waals surface area contributed by atoms with Crippen LogP contribution in [0.5, 0.6) is 5.75 Å². The number of fused-ring (bicyclic) bond motifs is 2. The summed E-state index contributed by atoms with van der Waals surface area (Å²) in [6, 6.07) is 12.9. The van der Waals surface area contributed by atoms with Crippen molar-refractivity contribution in [3.63, 3.8) is 0 Å². The highest BCUT2D eigenvalue weighted by molar-refractivity contribution is 6.31. The molecular weight excluding hydrogens is 290 g/mol. The van der Waals surface area contributed by atoms with E-state index in [-0.39, 0.29) is 17.6 Å². The molecule has 23 heavy (non-hydrogen) atoms. The molecule has 1 amide bonds. The van der Waals surface area contributed by atoms with Gasteiger partial charge in [0.05, 0.1) is 6.10 Å². The lowest BCUT2D eigenvalue weighted by Gasteiger charge is -2.28. The molecule has 2 aliphatic rings. The fraction of sp³-hybridized carbons (Fsp3) is 0.211. The first kappa shape index (κ1) is 14.0. The van der Waals surface area contributed by atoms with Gasteiger partial charge in [0.15, 0.2) is 0 Å². The van der Waals surface area contributed by atoms with E-state index in [1.807, 2.05) is 24.3 Å². The van der Waals surface area contributed by atoms with Crippen molar-refractivity contribution < 1.29 is 15.0 Å². The third kappa shape index (κ3) is 2.32. The van der Waals surface area contributed by atoms with Crippen molar-refractivity contribution >= 4 is 17.2 Å². The lowest BCUT2D eigenvalue weighted by molar-refractivity contribution is -0.110. The number of anilines is 1. The molecule has 2 unspecified atom stereocenters. The molecule has 3 N–H and O–H groups in total. The molecule has 0 fully saturated rings. The Morgan fingerprint density at radius 2 is 2.00 bits per heavy atom. The lowest BCUT2D eigenvalue weighted by Crippen LogP contribution is -2.24. The summed E-state index contributed by atoms with van der Waals surface area (Å²) in [6.07, 6.45) is 2.86. The predicted molar refractivity (Wildman–Crippen MR) is 88.2 cm³/mol. The molecule has 0 saturated heterocycles. The van der Waals surface area contributed by atoms with Gasteiger partial charge in [-0.1, -0.05) is 30.3 Å². The first-order chi connectivity index (χ1) is 11.1. The first-order valence-corrected chi connectivity index (χ1v) is 7.76. The number of nitrogens with one attached hydrogen (secondary N) is 1. The van der Waals surface area contributed by atoms with E-state index in [4.69, 9.17) is 0 Å². The Hall–Kier alpha value is -2.59. The number of aliphatic hydroxyl groups is 1. The van der Waals surface area contributed by atoms with Crippen LogP contribution in [-0.2, 0) is 11.2 Å². The topological polar surface area (TPSA) is 69.6 Å². The molecule has 1 heterocycles. The molecular formula is C19H17NO3. The van der Waals surface area contributed by atoms with Crippen molar-refractivity contribution in [1.82, 2.24) is 0 Å². The van der Waals surface area contributed by atoms with Gasteiger partial charge < -0.3 is 15.5 Å². The number of aryl methyl sites for hydroxylation is 1. The summed E-state index contributed by atoms with van der Waals surface area (Å²) in [5, 5.41) is 22.9. The smallest absolute Gasteiger partial charge is 0.256 e. The number of phenolic OH excluding ortho intramolecular Hbond substituents is 1.